The molecule has 0 aliphatic carbocycles. The molecule has 2 N–H and O–H groups in total. The van der Waals surface area contributed by atoms with Crippen LogP contribution in [0, 0.1) is 17.6 Å². The maximum Gasteiger partial charge on any atom is 0.246 e. The molecule has 0 fully saturated rings. The van der Waals surface area contributed by atoms with E-state index in [9.17, 15) is 13.6 Å². The van der Waals surface area contributed by atoms with Gasteiger partial charge in [-0.05, 0) is 23.8 Å². The van der Waals surface area contributed by atoms with Crippen molar-refractivity contribution in [3.63, 3.8) is 0 Å². The van der Waals surface area contributed by atoms with E-state index in [1.165, 1.54) is 16.8 Å². The van der Waals surface area contributed by atoms with Crippen LogP contribution in [0.15, 0.2) is 53.6 Å². The van der Waals surface area contributed by atoms with Crippen LogP contribution in [0.25, 0.3) is 0 Å². The lowest BCUT2D eigenvalue weighted by atomic mass is 10.0. The Morgan fingerprint density at radius 2 is 1.96 bits per heavy atom. The number of nitrogens with two attached hydrogens (primary N) is 1. The predicted molar refractivity (Wildman–Crippen MR) is 105 cm³/mol. The van der Waals surface area contributed by atoms with Crippen molar-refractivity contribution in [2.75, 3.05) is 6.61 Å². The van der Waals surface area contributed by atoms with Crippen molar-refractivity contribution in [1.29, 1.82) is 0 Å². The number of carbonyl (C=O) groups excluding carboxylic acids is 1. The number of thioether (sulfide) groups is 1. The predicted octanol–water partition coefficient (Wildman–Crippen LogP) is 3.99. The van der Waals surface area contributed by atoms with Crippen LogP contribution >= 0.6 is 11.8 Å². The number of nitrogens with zero attached hydrogens (tertiary/aromatic N) is 2. The van der Waals surface area contributed by atoms with Gasteiger partial charge in [-0.1, -0.05) is 55.9 Å². The van der Waals surface area contributed by atoms with Gasteiger partial charge < -0.3 is 4.84 Å². The first-order valence-corrected chi connectivity index (χ1v) is 9.65. The number of rotatable bonds is 6. The molecule has 1 atom stereocenters. The van der Waals surface area contributed by atoms with Crippen molar-refractivity contribution in [1.82, 2.24) is 5.01 Å². The number of benzene rings is 2. The Kier molecular flexibility index (Phi) is 6.12. The van der Waals surface area contributed by atoms with Crippen LogP contribution in [0.2, 0.25) is 0 Å². The fourth-order valence-electron chi connectivity index (χ4n) is 3.02. The highest BCUT2D eigenvalue weighted by Gasteiger charge is 2.49. The summed E-state index contributed by atoms with van der Waals surface area (Å²) in [6.07, 6.45) is 0.320. The summed E-state index contributed by atoms with van der Waals surface area (Å²) in [5.41, 5.74) is 0.805. The number of carbonyl (C=O) groups is 1. The van der Waals surface area contributed by atoms with Crippen molar-refractivity contribution in [3.8, 4) is 0 Å². The second-order valence-corrected chi connectivity index (χ2v) is 7.97. The molecule has 1 heterocycles. The maximum absolute atomic E-state index is 14.4. The molecule has 2 aromatic rings. The van der Waals surface area contributed by atoms with Crippen LogP contribution in [0.4, 0.5) is 8.78 Å². The largest absolute Gasteiger partial charge is 0.304 e. The van der Waals surface area contributed by atoms with Gasteiger partial charge in [-0.2, -0.15) is 5.10 Å². The second kappa shape index (κ2) is 8.38. The molecule has 0 aromatic heterocycles. The number of halogens is 2. The van der Waals surface area contributed by atoms with Gasteiger partial charge in [-0.25, -0.2) is 19.7 Å². The highest BCUT2D eigenvalue weighted by atomic mass is 32.2. The monoisotopic (exact) mass is 405 g/mol. The Labute approximate surface area is 166 Å². The SMILES string of the molecule is CC(C)C(=O)N1N=C(c2cc(F)ccc2F)S[C@@]1(CCON)c1ccccc1. The van der Waals surface area contributed by atoms with Crippen LogP contribution in [0.3, 0.4) is 0 Å². The zero-order valence-corrected chi connectivity index (χ0v) is 16.4. The average Bonchev–Trinajstić information content (AvgIpc) is 3.08. The summed E-state index contributed by atoms with van der Waals surface area (Å²) in [4.78, 5) is 16.8. The van der Waals surface area contributed by atoms with Gasteiger partial charge in [0, 0.05) is 17.9 Å². The third kappa shape index (κ3) is 3.80. The van der Waals surface area contributed by atoms with Crippen molar-refractivity contribution in [2.45, 2.75) is 25.1 Å². The first-order chi connectivity index (χ1) is 13.4. The third-order valence-corrected chi connectivity index (χ3v) is 5.89. The molecule has 5 nitrogen and oxygen atoms in total. The van der Waals surface area contributed by atoms with Crippen molar-refractivity contribution >= 4 is 22.7 Å². The normalized spacial score (nSPS) is 19.2. The van der Waals surface area contributed by atoms with Gasteiger partial charge in [0.05, 0.1) is 6.61 Å². The van der Waals surface area contributed by atoms with Crippen molar-refractivity contribution in [3.05, 3.63) is 71.3 Å². The molecule has 1 aliphatic rings. The first-order valence-electron chi connectivity index (χ1n) is 8.83. The van der Waals surface area contributed by atoms with E-state index in [0.29, 0.717) is 6.42 Å². The van der Waals surface area contributed by atoms with E-state index >= 15 is 0 Å². The van der Waals surface area contributed by atoms with E-state index in [0.717, 1.165) is 23.8 Å². The lowest BCUT2D eigenvalue weighted by molar-refractivity contribution is -0.138. The molecule has 0 saturated heterocycles. The van der Waals surface area contributed by atoms with Crippen LogP contribution < -0.4 is 5.90 Å². The number of hydrogen-bond donors (Lipinski definition) is 1. The van der Waals surface area contributed by atoms with Gasteiger partial charge in [-0.15, -0.1) is 0 Å². The first kappa shape index (κ1) is 20.4. The van der Waals surface area contributed by atoms with E-state index in [1.807, 2.05) is 30.3 Å². The van der Waals surface area contributed by atoms with Gasteiger partial charge in [0.15, 0.2) is 0 Å². The fraction of sp³-hybridized carbons (Fsp3) is 0.300. The van der Waals surface area contributed by atoms with Crippen molar-refractivity contribution < 1.29 is 18.4 Å². The lowest BCUT2D eigenvalue weighted by Crippen LogP contribution is -2.44. The van der Waals surface area contributed by atoms with E-state index in [4.69, 9.17) is 10.7 Å². The fourth-order valence-corrected chi connectivity index (χ4v) is 4.38. The summed E-state index contributed by atoms with van der Waals surface area (Å²) in [7, 11) is 0. The highest BCUT2D eigenvalue weighted by molar-refractivity contribution is 8.15. The van der Waals surface area contributed by atoms with Crippen molar-refractivity contribution in [2.24, 2.45) is 16.9 Å². The summed E-state index contributed by atoms with van der Waals surface area (Å²) in [6, 6.07) is 12.5. The Bertz CT molecular complexity index is 892. The Morgan fingerprint density at radius 3 is 2.61 bits per heavy atom. The molecule has 1 aliphatic heterocycles. The molecule has 148 valence electrons. The second-order valence-electron chi connectivity index (χ2n) is 6.71. The van der Waals surface area contributed by atoms with Gasteiger partial charge in [0.2, 0.25) is 5.91 Å². The zero-order valence-electron chi connectivity index (χ0n) is 15.6. The molecule has 0 spiro atoms. The molecular formula is C20H21F2N3O2S. The summed E-state index contributed by atoms with van der Waals surface area (Å²) >= 11 is 1.19. The summed E-state index contributed by atoms with van der Waals surface area (Å²) in [6.45, 7) is 3.68. The Hall–Kier alpha value is -2.29. The average molecular weight is 405 g/mol. The number of hydrazone groups is 1. The minimum atomic E-state index is -0.976. The Morgan fingerprint density at radius 1 is 1.25 bits per heavy atom. The molecule has 0 unspecified atom stereocenters. The van der Waals surface area contributed by atoms with Crippen LogP contribution in [0.5, 0.6) is 0 Å². The third-order valence-electron chi connectivity index (χ3n) is 4.44. The summed E-state index contributed by atoms with van der Waals surface area (Å²) < 4.78 is 28.2. The summed E-state index contributed by atoms with van der Waals surface area (Å²) in [5.74, 6) is 3.49. The van der Waals surface area contributed by atoms with E-state index in [-0.39, 0.29) is 29.0 Å². The van der Waals surface area contributed by atoms with E-state index < -0.39 is 16.5 Å². The van der Waals surface area contributed by atoms with Crippen LogP contribution in [-0.4, -0.2) is 22.6 Å². The van der Waals surface area contributed by atoms with E-state index in [2.05, 4.69) is 5.10 Å². The molecule has 0 radical (unpaired) electrons. The number of hydrogen-bond acceptors (Lipinski definition) is 5. The molecular weight excluding hydrogens is 384 g/mol. The van der Waals surface area contributed by atoms with Gasteiger partial charge in [0.1, 0.15) is 21.5 Å². The molecule has 1 amide bonds. The lowest BCUT2D eigenvalue weighted by Gasteiger charge is -2.36. The van der Waals surface area contributed by atoms with Gasteiger partial charge in [0.25, 0.3) is 0 Å². The quantitative estimate of drug-likeness (QED) is 0.738. The topological polar surface area (TPSA) is 67.9 Å². The molecule has 0 bridgehead atoms. The van der Waals surface area contributed by atoms with E-state index in [1.54, 1.807) is 13.8 Å². The van der Waals surface area contributed by atoms with Gasteiger partial charge in [-0.3, -0.25) is 4.79 Å². The highest BCUT2D eigenvalue weighted by Crippen LogP contribution is 2.50. The zero-order chi connectivity index (χ0) is 20.3. The van der Waals surface area contributed by atoms with Crippen LogP contribution in [-0.2, 0) is 14.5 Å². The van der Waals surface area contributed by atoms with Crippen LogP contribution in [0.1, 0.15) is 31.4 Å². The molecule has 2 aromatic carbocycles. The van der Waals surface area contributed by atoms with Gasteiger partial charge >= 0.3 is 0 Å². The smallest absolute Gasteiger partial charge is 0.246 e. The molecule has 0 saturated carbocycles. The molecule has 28 heavy (non-hydrogen) atoms. The minimum Gasteiger partial charge on any atom is -0.304 e. The molecule has 8 heteroatoms. The maximum atomic E-state index is 14.4. The summed E-state index contributed by atoms with van der Waals surface area (Å²) in [5, 5.41) is 6.01. The standard InChI is InChI=1S/C20H21F2N3O2S/c1-13(2)19(26)25-20(10-11-27-23,14-6-4-3-5-7-14)28-18(24-25)16-12-15(21)8-9-17(16)22/h3-9,12-13H,10-11,23H2,1-2H3/t20-/m0/s1. The number of amides is 1. The minimum absolute atomic E-state index is 0.0121. The molecule has 3 rings (SSSR count). The Balaban J connectivity index is 2.15.